The van der Waals surface area contributed by atoms with E-state index in [1.807, 2.05) is 0 Å². The van der Waals surface area contributed by atoms with E-state index in [2.05, 4.69) is 16.6 Å². The molecular weight excluding hydrogens is 208 g/mol. The lowest BCUT2D eigenvalue weighted by atomic mass is 10.2. The van der Waals surface area contributed by atoms with Gasteiger partial charge < -0.3 is 9.64 Å². The van der Waals surface area contributed by atoms with Crippen LogP contribution in [0.15, 0.2) is 0 Å². The van der Waals surface area contributed by atoms with Crippen LogP contribution < -0.4 is 0 Å². The molecule has 1 amide bonds. The highest BCUT2D eigenvalue weighted by Crippen LogP contribution is 2.17. The molecule has 1 aliphatic heterocycles. The first-order chi connectivity index (χ1) is 7.60. The molecule has 0 radical (unpaired) electrons. The molecule has 1 aliphatic rings. The highest BCUT2D eigenvalue weighted by molar-refractivity contribution is 6.32. The summed E-state index contributed by atoms with van der Waals surface area (Å²) in [6, 6.07) is 0.378. The van der Waals surface area contributed by atoms with Gasteiger partial charge in [0, 0.05) is 19.6 Å². The number of ether oxygens (including phenoxy) is 1. The predicted octanol–water partition coefficient (Wildman–Crippen LogP) is 0.102. The standard InChI is InChI=1S/C11H20N2O3/c1-4-13-7-5-6-9(13)8-12(2)10(14)11(15)16-3/h9H,4-8H2,1-3H3. The average molecular weight is 228 g/mol. The number of likely N-dealkylation sites (N-methyl/N-ethyl adjacent to an activating group) is 2. The molecule has 1 rings (SSSR count). The molecule has 92 valence electrons. The Balaban J connectivity index is 2.47. The van der Waals surface area contributed by atoms with Gasteiger partial charge in [0.15, 0.2) is 0 Å². The third-order valence-electron chi connectivity index (χ3n) is 3.10. The molecule has 0 aliphatic carbocycles. The largest absolute Gasteiger partial charge is 0.462 e. The zero-order chi connectivity index (χ0) is 12.1. The number of rotatable bonds is 3. The molecule has 16 heavy (non-hydrogen) atoms. The SMILES string of the molecule is CCN1CCCC1CN(C)C(=O)C(=O)OC. The molecule has 0 bridgehead atoms. The maximum atomic E-state index is 11.5. The highest BCUT2D eigenvalue weighted by atomic mass is 16.5. The topological polar surface area (TPSA) is 49.9 Å². The second-order valence-electron chi connectivity index (χ2n) is 4.10. The molecule has 1 unspecified atom stereocenters. The third kappa shape index (κ3) is 2.95. The maximum absolute atomic E-state index is 11.5. The van der Waals surface area contributed by atoms with Gasteiger partial charge in [-0.25, -0.2) is 4.79 Å². The fraction of sp³-hybridized carbons (Fsp3) is 0.818. The van der Waals surface area contributed by atoms with Gasteiger partial charge in [0.05, 0.1) is 7.11 Å². The summed E-state index contributed by atoms with van der Waals surface area (Å²) >= 11 is 0. The summed E-state index contributed by atoms with van der Waals surface area (Å²) in [5.74, 6) is -1.35. The molecule has 1 heterocycles. The summed E-state index contributed by atoms with van der Waals surface area (Å²) in [6.45, 7) is 4.79. The van der Waals surface area contributed by atoms with Crippen LogP contribution in [0.25, 0.3) is 0 Å². The molecule has 0 saturated carbocycles. The van der Waals surface area contributed by atoms with Gasteiger partial charge in [0.25, 0.3) is 0 Å². The highest BCUT2D eigenvalue weighted by Gasteiger charge is 2.27. The molecule has 0 N–H and O–H groups in total. The van der Waals surface area contributed by atoms with Crippen molar-refractivity contribution in [3.63, 3.8) is 0 Å². The Hall–Kier alpha value is -1.10. The second kappa shape index (κ2) is 5.84. The van der Waals surface area contributed by atoms with Gasteiger partial charge in [0.2, 0.25) is 0 Å². The Labute approximate surface area is 96.3 Å². The Morgan fingerprint density at radius 2 is 2.19 bits per heavy atom. The van der Waals surface area contributed by atoms with Crippen LogP contribution in [0.5, 0.6) is 0 Å². The van der Waals surface area contributed by atoms with Crippen molar-refractivity contribution in [1.82, 2.24) is 9.80 Å². The Morgan fingerprint density at radius 1 is 1.50 bits per heavy atom. The van der Waals surface area contributed by atoms with E-state index in [-0.39, 0.29) is 0 Å². The lowest BCUT2D eigenvalue weighted by Gasteiger charge is -2.27. The molecule has 1 atom stereocenters. The molecule has 1 fully saturated rings. The number of carbonyl (C=O) groups excluding carboxylic acids is 2. The molecular formula is C11H20N2O3. The van der Waals surface area contributed by atoms with Gasteiger partial charge in [-0.1, -0.05) is 6.92 Å². The van der Waals surface area contributed by atoms with Crippen LogP contribution in [0.3, 0.4) is 0 Å². The van der Waals surface area contributed by atoms with Crippen LogP contribution >= 0.6 is 0 Å². The number of hydrogen-bond acceptors (Lipinski definition) is 4. The lowest BCUT2D eigenvalue weighted by Crippen LogP contribution is -2.43. The van der Waals surface area contributed by atoms with Crippen molar-refractivity contribution in [3.05, 3.63) is 0 Å². The summed E-state index contributed by atoms with van der Waals surface area (Å²) in [5.41, 5.74) is 0. The quantitative estimate of drug-likeness (QED) is 0.508. The Bertz CT molecular complexity index is 268. The maximum Gasteiger partial charge on any atom is 0.396 e. The summed E-state index contributed by atoms with van der Waals surface area (Å²) in [7, 11) is 2.87. The van der Waals surface area contributed by atoms with E-state index in [9.17, 15) is 9.59 Å². The fourth-order valence-electron chi connectivity index (χ4n) is 2.16. The molecule has 0 aromatic carbocycles. The zero-order valence-corrected chi connectivity index (χ0v) is 10.2. The van der Waals surface area contributed by atoms with E-state index in [4.69, 9.17) is 0 Å². The van der Waals surface area contributed by atoms with E-state index in [0.29, 0.717) is 12.6 Å². The van der Waals surface area contributed by atoms with Crippen LogP contribution in [-0.4, -0.2) is 61.5 Å². The number of likely N-dealkylation sites (tertiary alicyclic amines) is 1. The molecule has 0 aromatic rings. The first-order valence-corrected chi connectivity index (χ1v) is 5.67. The molecule has 0 spiro atoms. The molecule has 1 saturated heterocycles. The van der Waals surface area contributed by atoms with Gasteiger partial charge in [-0.05, 0) is 25.9 Å². The van der Waals surface area contributed by atoms with Crippen molar-refractivity contribution in [2.24, 2.45) is 0 Å². The first-order valence-electron chi connectivity index (χ1n) is 5.67. The van der Waals surface area contributed by atoms with Gasteiger partial charge in [-0.3, -0.25) is 9.69 Å². The van der Waals surface area contributed by atoms with Crippen LogP contribution in [-0.2, 0) is 14.3 Å². The van der Waals surface area contributed by atoms with E-state index in [1.54, 1.807) is 7.05 Å². The minimum Gasteiger partial charge on any atom is -0.462 e. The average Bonchev–Trinajstić information content (AvgIpc) is 2.74. The fourth-order valence-corrected chi connectivity index (χ4v) is 2.16. The Kier molecular flexibility index (Phi) is 4.73. The number of carbonyl (C=O) groups is 2. The van der Waals surface area contributed by atoms with Crippen LogP contribution in [0.1, 0.15) is 19.8 Å². The molecule has 5 heteroatoms. The zero-order valence-electron chi connectivity index (χ0n) is 10.2. The summed E-state index contributed by atoms with van der Waals surface area (Å²) < 4.78 is 4.41. The summed E-state index contributed by atoms with van der Waals surface area (Å²) in [4.78, 5) is 26.3. The van der Waals surface area contributed by atoms with Crippen molar-refractivity contribution in [3.8, 4) is 0 Å². The van der Waals surface area contributed by atoms with Crippen LogP contribution in [0, 0.1) is 0 Å². The van der Waals surface area contributed by atoms with Crippen molar-refractivity contribution < 1.29 is 14.3 Å². The minimum absolute atomic E-state index is 0.378. The number of methoxy groups -OCH3 is 1. The Morgan fingerprint density at radius 3 is 2.75 bits per heavy atom. The van der Waals surface area contributed by atoms with E-state index >= 15 is 0 Å². The minimum atomic E-state index is -0.788. The van der Waals surface area contributed by atoms with Gasteiger partial charge in [0.1, 0.15) is 0 Å². The van der Waals surface area contributed by atoms with Crippen molar-refractivity contribution in [2.75, 3.05) is 33.8 Å². The van der Waals surface area contributed by atoms with Crippen LogP contribution in [0.2, 0.25) is 0 Å². The summed E-state index contributed by atoms with van der Waals surface area (Å²) in [6.07, 6.45) is 2.26. The summed E-state index contributed by atoms with van der Waals surface area (Å²) in [5, 5.41) is 0. The van der Waals surface area contributed by atoms with Gasteiger partial charge in [-0.15, -0.1) is 0 Å². The van der Waals surface area contributed by atoms with Crippen LogP contribution in [0.4, 0.5) is 0 Å². The number of amides is 1. The van der Waals surface area contributed by atoms with E-state index in [0.717, 1.165) is 19.5 Å². The van der Waals surface area contributed by atoms with Gasteiger partial charge in [-0.2, -0.15) is 0 Å². The van der Waals surface area contributed by atoms with E-state index < -0.39 is 11.9 Å². The lowest BCUT2D eigenvalue weighted by molar-refractivity contribution is -0.157. The number of esters is 1. The number of hydrogen-bond donors (Lipinski definition) is 0. The van der Waals surface area contributed by atoms with Crippen molar-refractivity contribution in [1.29, 1.82) is 0 Å². The molecule has 0 aromatic heterocycles. The normalized spacial score (nSPS) is 20.8. The van der Waals surface area contributed by atoms with Gasteiger partial charge >= 0.3 is 11.9 Å². The van der Waals surface area contributed by atoms with Crippen molar-refractivity contribution in [2.45, 2.75) is 25.8 Å². The predicted molar refractivity (Wildman–Crippen MR) is 59.9 cm³/mol. The molecule has 5 nitrogen and oxygen atoms in total. The third-order valence-corrected chi connectivity index (χ3v) is 3.10. The number of nitrogens with zero attached hydrogens (tertiary/aromatic N) is 2. The second-order valence-corrected chi connectivity index (χ2v) is 4.10. The van der Waals surface area contributed by atoms with E-state index in [1.165, 1.54) is 18.4 Å². The van der Waals surface area contributed by atoms with Crippen molar-refractivity contribution >= 4 is 11.9 Å². The smallest absolute Gasteiger partial charge is 0.396 e. The monoisotopic (exact) mass is 228 g/mol. The first kappa shape index (κ1) is 13.0.